The molecule has 0 nitrogen and oxygen atoms in total. The summed E-state index contributed by atoms with van der Waals surface area (Å²) < 4.78 is 0. The zero-order valence-electron chi connectivity index (χ0n) is 4.15. The molecule has 0 rings (SSSR count). The first-order chi connectivity index (χ1) is 3.00. The van der Waals surface area contributed by atoms with Crippen LogP contribution in [0.4, 0.5) is 0 Å². The van der Waals surface area contributed by atoms with E-state index in [0.29, 0.717) is 0 Å². The average molecular weight is 126 g/mol. The van der Waals surface area contributed by atoms with Gasteiger partial charge in [0.25, 0.3) is 0 Å². The molecular formula is C6Al2. The van der Waals surface area contributed by atoms with Gasteiger partial charge < -0.3 is 38.5 Å². The summed E-state index contributed by atoms with van der Waals surface area (Å²) in [5, 5.41) is 0. The van der Waals surface area contributed by atoms with Crippen LogP contribution in [0.25, 0.3) is 0 Å². The van der Waals surface area contributed by atoms with Gasteiger partial charge in [0.1, 0.15) is 0 Å². The van der Waals surface area contributed by atoms with Crippen LogP contribution in [0.15, 0.2) is 0 Å². The molecular weight excluding hydrogens is 126 g/mol. The van der Waals surface area contributed by atoms with Crippen LogP contribution in [-0.4, -0.2) is 34.7 Å². The van der Waals surface area contributed by atoms with E-state index in [9.17, 15) is 0 Å². The molecule has 2 heteroatoms. The molecule has 0 aliphatic heterocycles. The Balaban J connectivity index is -0.00000000500. The first-order valence-electron chi connectivity index (χ1n) is 0.750. The first kappa shape index (κ1) is 46.8. The Labute approximate surface area is 73.3 Å². The predicted molar refractivity (Wildman–Crippen MR) is 31.0 cm³/mol. The molecule has 8 heavy (non-hydrogen) atoms. The zero-order chi connectivity index (χ0) is 6.00. The summed E-state index contributed by atoms with van der Waals surface area (Å²) in [7, 11) is 0. The smallest absolute Gasteiger partial charge is 1.00 e. The van der Waals surface area contributed by atoms with Crippen LogP contribution in [0.5, 0.6) is 0 Å². The van der Waals surface area contributed by atoms with Crippen LogP contribution in [0.3, 0.4) is 0 Å². The van der Waals surface area contributed by atoms with Gasteiger partial charge in [-0.25, -0.2) is 0 Å². The second-order valence-corrected chi connectivity index (χ2v) is 0. The molecule has 0 amide bonds. The molecule has 0 aliphatic carbocycles. The van der Waals surface area contributed by atoms with E-state index in [1.807, 2.05) is 0 Å². The fourth-order valence-electron chi connectivity index (χ4n) is 0. The first-order valence-corrected chi connectivity index (χ1v) is 0.750. The summed E-state index contributed by atoms with van der Waals surface area (Å²) in [6.45, 7) is 0. The van der Waals surface area contributed by atoms with Crippen LogP contribution < -0.4 is 0 Å². The van der Waals surface area contributed by atoms with Gasteiger partial charge in [-0.1, -0.05) is 0 Å². The van der Waals surface area contributed by atoms with E-state index in [1.165, 1.54) is 0 Å². The fraction of sp³-hybridized carbons (Fsp3) is 0. The third-order valence-electron chi connectivity index (χ3n) is 0. The largest absolute Gasteiger partial charge is 3.00 e. The standard InChI is InChI=1S/3C2.2Al/c3*1-2;;/q3*-2;2*+3. The second kappa shape index (κ2) is 3420. The molecule has 0 spiro atoms. The summed E-state index contributed by atoms with van der Waals surface area (Å²) in [6.07, 6.45) is 30.0. The molecule has 30 valence electrons. The van der Waals surface area contributed by atoms with E-state index in [2.05, 4.69) is 0 Å². The van der Waals surface area contributed by atoms with E-state index >= 15 is 0 Å². The summed E-state index contributed by atoms with van der Waals surface area (Å²) in [5.41, 5.74) is 0. The van der Waals surface area contributed by atoms with Gasteiger partial charge in [0.15, 0.2) is 0 Å². The number of hydrogen-bond donors (Lipinski definition) is 0. The molecule has 0 fully saturated rings. The monoisotopic (exact) mass is 126 g/mol. The molecule has 0 aromatic carbocycles. The van der Waals surface area contributed by atoms with Crippen LogP contribution >= 0.6 is 0 Å². The maximum Gasteiger partial charge on any atom is 3.00 e. The van der Waals surface area contributed by atoms with Crippen LogP contribution in [-0.2, 0) is 0 Å². The van der Waals surface area contributed by atoms with Crippen molar-refractivity contribution in [3.63, 3.8) is 0 Å². The number of rotatable bonds is 0. The average Bonchev–Trinajstić information content (AvgIpc) is 1.81. The minimum atomic E-state index is 0. The van der Waals surface area contributed by atoms with Crippen molar-refractivity contribution in [3.05, 3.63) is 38.5 Å². The summed E-state index contributed by atoms with van der Waals surface area (Å²) >= 11 is 0. The Morgan fingerprint density at radius 1 is 0.375 bits per heavy atom. The van der Waals surface area contributed by atoms with E-state index in [0.717, 1.165) is 0 Å². The van der Waals surface area contributed by atoms with Crippen molar-refractivity contribution >= 4 is 34.7 Å². The molecule has 0 heterocycles. The minimum absolute atomic E-state index is 0. The van der Waals surface area contributed by atoms with Crippen LogP contribution in [0.1, 0.15) is 0 Å². The van der Waals surface area contributed by atoms with Crippen molar-refractivity contribution in [2.45, 2.75) is 0 Å². The second-order valence-electron chi connectivity index (χ2n) is 0. The van der Waals surface area contributed by atoms with Gasteiger partial charge in [-0.05, 0) is 0 Å². The molecule has 0 radical (unpaired) electrons. The molecule has 0 saturated heterocycles. The van der Waals surface area contributed by atoms with Crippen molar-refractivity contribution < 1.29 is 0 Å². The van der Waals surface area contributed by atoms with Gasteiger partial charge in [-0.15, -0.1) is 0 Å². The van der Waals surface area contributed by atoms with Crippen molar-refractivity contribution in [2.75, 3.05) is 0 Å². The quantitative estimate of drug-likeness (QED) is 0.238. The summed E-state index contributed by atoms with van der Waals surface area (Å²) in [4.78, 5) is 0. The van der Waals surface area contributed by atoms with E-state index in [4.69, 9.17) is 38.5 Å². The van der Waals surface area contributed by atoms with Crippen molar-refractivity contribution in [1.82, 2.24) is 0 Å². The molecule has 0 bridgehead atoms. The Kier molecular flexibility index (Phi) is 20000. The van der Waals surface area contributed by atoms with Crippen molar-refractivity contribution in [1.29, 1.82) is 0 Å². The molecule has 0 atom stereocenters. The number of hydrogen-bond acceptors (Lipinski definition) is 0. The van der Waals surface area contributed by atoms with Crippen molar-refractivity contribution in [3.8, 4) is 0 Å². The Hall–Kier alpha value is -0.255. The normalized spacial score (nSPS) is 0.750. The van der Waals surface area contributed by atoms with Crippen molar-refractivity contribution in [2.24, 2.45) is 0 Å². The van der Waals surface area contributed by atoms with Crippen LogP contribution in [0, 0.1) is 38.5 Å². The van der Waals surface area contributed by atoms with Gasteiger partial charge in [-0.2, -0.15) is 0 Å². The molecule has 0 N–H and O–H groups in total. The zero-order valence-corrected chi connectivity index (χ0v) is 6.46. The predicted octanol–water partition coefficient (Wildman–Crippen LogP) is -0.274. The van der Waals surface area contributed by atoms with E-state index in [1.54, 1.807) is 0 Å². The third-order valence-corrected chi connectivity index (χ3v) is 0. The molecule has 0 unspecified atom stereocenters. The van der Waals surface area contributed by atoms with Gasteiger partial charge in [0, 0.05) is 0 Å². The molecule has 0 saturated carbocycles. The SMILES string of the molecule is [Al+3].[Al+3].[C-]#[C-].[C-]#[C-].[C-]#[C-]. The maximum atomic E-state index is 5.00. The molecule has 0 aliphatic rings. The summed E-state index contributed by atoms with van der Waals surface area (Å²) in [6, 6.07) is 0. The fourth-order valence-corrected chi connectivity index (χ4v) is 0. The minimum Gasteiger partial charge on any atom is -1.00 e. The topological polar surface area (TPSA) is 0 Å². The Morgan fingerprint density at radius 2 is 0.375 bits per heavy atom. The van der Waals surface area contributed by atoms with Gasteiger partial charge in [0.2, 0.25) is 0 Å². The maximum absolute atomic E-state index is 5.00. The van der Waals surface area contributed by atoms with Crippen LogP contribution in [0.2, 0.25) is 0 Å². The Bertz CT molecular complexity index is 35.0. The third kappa shape index (κ3) is 1990. The van der Waals surface area contributed by atoms with E-state index < -0.39 is 0 Å². The van der Waals surface area contributed by atoms with Gasteiger partial charge in [0.05, 0.1) is 0 Å². The van der Waals surface area contributed by atoms with E-state index in [-0.39, 0.29) is 34.7 Å². The Morgan fingerprint density at radius 3 is 0.375 bits per heavy atom. The molecule has 0 aromatic rings. The molecule has 0 aromatic heterocycles. The summed E-state index contributed by atoms with van der Waals surface area (Å²) in [5.74, 6) is 0. The van der Waals surface area contributed by atoms with Gasteiger partial charge in [-0.3, -0.25) is 0 Å². The van der Waals surface area contributed by atoms with Gasteiger partial charge >= 0.3 is 34.7 Å².